The fourth-order valence-electron chi connectivity index (χ4n) is 2.62. The molecule has 0 spiro atoms. The predicted octanol–water partition coefficient (Wildman–Crippen LogP) is 1.27. The minimum atomic E-state index is -1.68. The van der Waals surface area contributed by atoms with Crippen LogP contribution in [0.5, 0.6) is 0 Å². The minimum absolute atomic E-state index is 0.462. The van der Waals surface area contributed by atoms with Crippen molar-refractivity contribution in [2.24, 2.45) is 0 Å². The Balaban J connectivity index is 2.31. The number of aliphatic hydroxyl groups is 2. The standard InChI is InChI=1S/C16H22FN3O3/c1-4-6-7-11-10(3)15(19-9-18-11)20(5-2)16-13(17)14(22)12(8-21)23-16/h4-5,9,12-14,16,21-22H,1-2,6-8H2,3H3/t12-,13-,14-,16?/m1/s1. The Hall–Kier alpha value is -1.83. The predicted molar refractivity (Wildman–Crippen MR) is 84.6 cm³/mol. The summed E-state index contributed by atoms with van der Waals surface area (Å²) < 4.78 is 19.8. The Kier molecular flexibility index (Phi) is 5.81. The van der Waals surface area contributed by atoms with Crippen molar-refractivity contribution in [1.82, 2.24) is 9.97 Å². The molecule has 2 rings (SSSR count). The molecule has 0 radical (unpaired) electrons. The number of hydrogen-bond acceptors (Lipinski definition) is 6. The van der Waals surface area contributed by atoms with Gasteiger partial charge in [-0.2, -0.15) is 0 Å². The molecule has 0 aliphatic carbocycles. The molecular weight excluding hydrogens is 301 g/mol. The van der Waals surface area contributed by atoms with Crippen LogP contribution in [0.1, 0.15) is 17.7 Å². The maximum absolute atomic E-state index is 14.3. The van der Waals surface area contributed by atoms with E-state index in [1.54, 1.807) is 6.08 Å². The summed E-state index contributed by atoms with van der Waals surface area (Å²) in [6, 6.07) is 0. The lowest BCUT2D eigenvalue weighted by molar-refractivity contribution is -0.0203. The van der Waals surface area contributed by atoms with Gasteiger partial charge in [-0.05, 0) is 19.8 Å². The van der Waals surface area contributed by atoms with Crippen LogP contribution in [-0.2, 0) is 11.2 Å². The molecule has 1 aliphatic heterocycles. The third kappa shape index (κ3) is 3.41. The fourth-order valence-corrected chi connectivity index (χ4v) is 2.62. The smallest absolute Gasteiger partial charge is 0.173 e. The van der Waals surface area contributed by atoms with Gasteiger partial charge in [0, 0.05) is 17.5 Å². The Morgan fingerprint density at radius 1 is 1.43 bits per heavy atom. The van der Waals surface area contributed by atoms with E-state index < -0.39 is 31.2 Å². The van der Waals surface area contributed by atoms with Crippen LogP contribution in [0, 0.1) is 6.92 Å². The van der Waals surface area contributed by atoms with Crippen molar-refractivity contribution in [1.29, 1.82) is 0 Å². The highest BCUT2D eigenvalue weighted by atomic mass is 19.1. The van der Waals surface area contributed by atoms with Crippen molar-refractivity contribution < 1.29 is 19.3 Å². The van der Waals surface area contributed by atoms with E-state index in [9.17, 15) is 9.50 Å². The second-order valence-electron chi connectivity index (χ2n) is 5.37. The molecule has 1 saturated heterocycles. The van der Waals surface area contributed by atoms with E-state index in [0.717, 1.165) is 17.7 Å². The molecule has 23 heavy (non-hydrogen) atoms. The number of nitrogens with zero attached hydrogens (tertiary/aromatic N) is 3. The van der Waals surface area contributed by atoms with E-state index in [-0.39, 0.29) is 0 Å². The van der Waals surface area contributed by atoms with Gasteiger partial charge in [0.2, 0.25) is 0 Å². The van der Waals surface area contributed by atoms with Gasteiger partial charge in [-0.15, -0.1) is 6.58 Å². The largest absolute Gasteiger partial charge is 0.394 e. The van der Waals surface area contributed by atoms with E-state index in [2.05, 4.69) is 23.1 Å². The Morgan fingerprint density at radius 2 is 2.17 bits per heavy atom. The molecule has 0 amide bonds. The Labute approximate surface area is 134 Å². The SMILES string of the molecule is C=CCCc1ncnc(N(C=C)C2O[C@H](CO)[C@@H](O)[C@H]2F)c1C. The number of hydrogen-bond donors (Lipinski definition) is 2. The monoisotopic (exact) mass is 323 g/mol. The molecule has 4 atom stereocenters. The van der Waals surface area contributed by atoms with Crippen molar-refractivity contribution in [2.45, 2.75) is 44.4 Å². The molecule has 2 heterocycles. The average Bonchev–Trinajstić information content (AvgIpc) is 2.84. The van der Waals surface area contributed by atoms with Gasteiger partial charge in [0.05, 0.1) is 6.61 Å². The van der Waals surface area contributed by atoms with Gasteiger partial charge in [-0.25, -0.2) is 14.4 Å². The highest BCUT2D eigenvalue weighted by molar-refractivity contribution is 5.51. The molecule has 2 N–H and O–H groups in total. The van der Waals surface area contributed by atoms with E-state index >= 15 is 0 Å². The van der Waals surface area contributed by atoms with Crippen LogP contribution in [0.25, 0.3) is 0 Å². The molecule has 6 nitrogen and oxygen atoms in total. The first-order valence-electron chi connectivity index (χ1n) is 7.45. The number of rotatable bonds is 7. The number of alkyl halides is 1. The second kappa shape index (κ2) is 7.63. The molecule has 1 unspecified atom stereocenters. The van der Waals surface area contributed by atoms with Gasteiger partial charge in [0.15, 0.2) is 12.4 Å². The maximum Gasteiger partial charge on any atom is 0.173 e. The van der Waals surface area contributed by atoms with Crippen molar-refractivity contribution >= 4 is 5.82 Å². The molecule has 1 fully saturated rings. The third-order valence-electron chi connectivity index (χ3n) is 3.94. The van der Waals surface area contributed by atoms with Crippen LogP contribution in [0.15, 0.2) is 31.8 Å². The zero-order valence-electron chi connectivity index (χ0n) is 13.1. The summed E-state index contributed by atoms with van der Waals surface area (Å²) in [6.45, 7) is 8.75. The van der Waals surface area contributed by atoms with Crippen LogP contribution in [-0.4, -0.2) is 51.4 Å². The Morgan fingerprint density at radius 3 is 2.74 bits per heavy atom. The molecule has 126 valence electrons. The van der Waals surface area contributed by atoms with E-state index in [0.29, 0.717) is 12.2 Å². The summed E-state index contributed by atoms with van der Waals surface area (Å²) in [5.74, 6) is 0.465. The fraction of sp³-hybridized carbons (Fsp3) is 0.500. The number of aryl methyl sites for hydroxylation is 1. The van der Waals surface area contributed by atoms with Gasteiger partial charge in [0.1, 0.15) is 24.4 Å². The van der Waals surface area contributed by atoms with Gasteiger partial charge in [0.25, 0.3) is 0 Å². The first-order valence-corrected chi connectivity index (χ1v) is 7.45. The quantitative estimate of drug-likeness (QED) is 0.736. The van der Waals surface area contributed by atoms with Gasteiger partial charge < -0.3 is 19.8 Å². The first kappa shape index (κ1) is 17.5. The molecule has 0 aromatic carbocycles. The number of aromatic nitrogens is 2. The summed E-state index contributed by atoms with van der Waals surface area (Å²) >= 11 is 0. The third-order valence-corrected chi connectivity index (χ3v) is 3.94. The molecule has 1 aromatic heterocycles. The zero-order valence-corrected chi connectivity index (χ0v) is 13.1. The van der Waals surface area contributed by atoms with Crippen LogP contribution in [0.2, 0.25) is 0 Å². The topological polar surface area (TPSA) is 78.7 Å². The summed E-state index contributed by atoms with van der Waals surface area (Å²) in [4.78, 5) is 9.87. The molecule has 0 saturated carbocycles. The van der Waals surface area contributed by atoms with Crippen LogP contribution in [0.3, 0.4) is 0 Å². The average molecular weight is 323 g/mol. The Bertz CT molecular complexity index is 570. The molecule has 0 bridgehead atoms. The second-order valence-corrected chi connectivity index (χ2v) is 5.37. The van der Waals surface area contributed by atoms with Gasteiger partial charge in [-0.1, -0.05) is 12.7 Å². The van der Waals surface area contributed by atoms with Crippen LogP contribution < -0.4 is 4.90 Å². The number of allylic oxidation sites excluding steroid dienone is 1. The number of halogens is 1. The molecule has 1 aliphatic rings. The number of aliphatic hydroxyl groups excluding tert-OH is 2. The minimum Gasteiger partial charge on any atom is -0.394 e. The van der Waals surface area contributed by atoms with Crippen LogP contribution >= 0.6 is 0 Å². The van der Waals surface area contributed by atoms with E-state index in [1.165, 1.54) is 17.4 Å². The lowest BCUT2D eigenvalue weighted by Gasteiger charge is -2.28. The lowest BCUT2D eigenvalue weighted by atomic mass is 10.1. The first-order chi connectivity index (χ1) is 11.0. The highest BCUT2D eigenvalue weighted by Crippen LogP contribution is 2.31. The summed E-state index contributed by atoms with van der Waals surface area (Å²) in [5, 5.41) is 19.0. The van der Waals surface area contributed by atoms with Crippen molar-refractivity contribution in [3.63, 3.8) is 0 Å². The molecule has 7 heteroatoms. The van der Waals surface area contributed by atoms with Crippen molar-refractivity contribution in [3.05, 3.63) is 43.0 Å². The summed E-state index contributed by atoms with van der Waals surface area (Å²) in [6.07, 6.45) is 0.915. The molecular formula is C16H22FN3O3. The number of anilines is 1. The van der Waals surface area contributed by atoms with Crippen molar-refractivity contribution in [3.8, 4) is 0 Å². The van der Waals surface area contributed by atoms with Crippen LogP contribution in [0.4, 0.5) is 10.2 Å². The van der Waals surface area contributed by atoms with Gasteiger partial charge >= 0.3 is 0 Å². The van der Waals surface area contributed by atoms with Gasteiger partial charge in [-0.3, -0.25) is 0 Å². The summed E-state index contributed by atoms with van der Waals surface area (Å²) in [7, 11) is 0. The maximum atomic E-state index is 14.3. The zero-order chi connectivity index (χ0) is 17.0. The molecule has 1 aromatic rings. The van der Waals surface area contributed by atoms with Crippen molar-refractivity contribution in [2.75, 3.05) is 11.5 Å². The highest BCUT2D eigenvalue weighted by Gasteiger charge is 2.46. The lowest BCUT2D eigenvalue weighted by Crippen LogP contribution is -2.39. The van der Waals surface area contributed by atoms with E-state index in [4.69, 9.17) is 9.84 Å². The normalized spacial score (nSPS) is 27.0. The van der Waals surface area contributed by atoms with E-state index in [1.807, 2.05) is 6.92 Å². The number of ether oxygens (including phenoxy) is 1. The summed E-state index contributed by atoms with van der Waals surface area (Å²) in [5.41, 5.74) is 1.61.